The highest BCUT2D eigenvalue weighted by Gasteiger charge is 2.17. The fourth-order valence-electron chi connectivity index (χ4n) is 1.71. The van der Waals surface area contributed by atoms with Crippen molar-refractivity contribution in [1.29, 1.82) is 0 Å². The first kappa shape index (κ1) is 16.5. The van der Waals surface area contributed by atoms with Crippen molar-refractivity contribution in [2.75, 3.05) is 13.2 Å². The quantitative estimate of drug-likeness (QED) is 0.802. The summed E-state index contributed by atoms with van der Waals surface area (Å²) in [6.07, 6.45) is 1.10. The van der Waals surface area contributed by atoms with Crippen molar-refractivity contribution in [3.05, 3.63) is 28.2 Å². The van der Waals surface area contributed by atoms with Crippen LogP contribution in [0.15, 0.2) is 22.7 Å². The van der Waals surface area contributed by atoms with Crippen molar-refractivity contribution in [3.8, 4) is 5.75 Å². The first-order chi connectivity index (χ1) is 8.83. The van der Waals surface area contributed by atoms with E-state index in [1.807, 2.05) is 12.1 Å². The van der Waals surface area contributed by atoms with E-state index in [9.17, 15) is 5.11 Å². The van der Waals surface area contributed by atoms with E-state index in [1.165, 1.54) is 0 Å². The van der Waals surface area contributed by atoms with Gasteiger partial charge in [-0.15, -0.1) is 0 Å². The highest BCUT2D eigenvalue weighted by atomic mass is 79.9. The zero-order valence-corrected chi connectivity index (χ0v) is 13.8. The van der Waals surface area contributed by atoms with Crippen molar-refractivity contribution < 1.29 is 9.84 Å². The molecule has 1 aromatic rings. The van der Waals surface area contributed by atoms with Gasteiger partial charge in [0.2, 0.25) is 0 Å². The van der Waals surface area contributed by atoms with Gasteiger partial charge in [0.25, 0.3) is 0 Å². The predicted octanol–water partition coefficient (Wildman–Crippen LogP) is 3.66. The molecule has 0 aliphatic rings. The number of ether oxygens (including phenoxy) is 1. The van der Waals surface area contributed by atoms with Crippen LogP contribution >= 0.6 is 15.9 Å². The van der Waals surface area contributed by atoms with E-state index in [0.29, 0.717) is 0 Å². The molecule has 0 saturated carbocycles. The van der Waals surface area contributed by atoms with E-state index in [2.05, 4.69) is 41.2 Å². The van der Waals surface area contributed by atoms with Crippen LogP contribution in [0.5, 0.6) is 5.75 Å². The number of rotatable bonds is 7. The van der Waals surface area contributed by atoms with E-state index in [-0.39, 0.29) is 12.6 Å². The maximum absolute atomic E-state index is 9.75. The summed E-state index contributed by atoms with van der Waals surface area (Å²) < 4.78 is 6.78. The lowest BCUT2D eigenvalue weighted by atomic mass is 10.1. The maximum atomic E-state index is 9.75. The molecule has 4 heteroatoms. The summed E-state index contributed by atoms with van der Waals surface area (Å²) in [5.74, 6) is 0.821. The van der Waals surface area contributed by atoms with Crippen molar-refractivity contribution in [1.82, 2.24) is 5.32 Å². The Morgan fingerprint density at radius 2 is 2.11 bits per heavy atom. The molecule has 0 fully saturated rings. The molecule has 0 saturated heterocycles. The van der Waals surface area contributed by atoms with Crippen LogP contribution in [0.25, 0.3) is 0 Å². The normalized spacial score (nSPS) is 13.4. The van der Waals surface area contributed by atoms with Gasteiger partial charge >= 0.3 is 0 Å². The number of aliphatic hydroxyl groups is 1. The topological polar surface area (TPSA) is 41.5 Å². The van der Waals surface area contributed by atoms with E-state index in [1.54, 1.807) is 13.8 Å². The third-order valence-electron chi connectivity index (χ3n) is 2.72. The molecule has 0 bridgehead atoms. The first-order valence-corrected chi connectivity index (χ1v) is 7.51. The van der Waals surface area contributed by atoms with E-state index in [4.69, 9.17) is 4.74 Å². The molecule has 1 rings (SSSR count). The van der Waals surface area contributed by atoms with Gasteiger partial charge in [0, 0.05) is 16.1 Å². The molecule has 108 valence electrons. The van der Waals surface area contributed by atoms with Gasteiger partial charge in [-0.2, -0.15) is 0 Å². The second-order valence-corrected chi connectivity index (χ2v) is 6.37. The van der Waals surface area contributed by atoms with Gasteiger partial charge in [-0.3, -0.25) is 0 Å². The predicted molar refractivity (Wildman–Crippen MR) is 82.6 cm³/mol. The Morgan fingerprint density at radius 3 is 2.68 bits per heavy atom. The second kappa shape index (κ2) is 7.27. The number of benzene rings is 1. The molecular formula is C15H24BrNO2. The number of hydrogen-bond donors (Lipinski definition) is 2. The summed E-state index contributed by atoms with van der Waals surface area (Å²) in [5.41, 5.74) is 0.275. The molecule has 2 N–H and O–H groups in total. The van der Waals surface area contributed by atoms with Gasteiger partial charge in [-0.25, -0.2) is 0 Å². The Kier molecular flexibility index (Phi) is 6.30. The molecule has 19 heavy (non-hydrogen) atoms. The number of hydrogen-bond acceptors (Lipinski definition) is 3. The van der Waals surface area contributed by atoms with Crippen LogP contribution in [0.2, 0.25) is 0 Å². The van der Waals surface area contributed by atoms with E-state index < -0.39 is 5.60 Å². The highest BCUT2D eigenvalue weighted by Crippen LogP contribution is 2.29. The first-order valence-electron chi connectivity index (χ1n) is 6.71. The standard InChI is InChI=1S/C15H24BrNO2/c1-5-8-17-11(2)13-9-12(16)6-7-14(13)19-10-15(3,4)18/h6-7,9,11,17-18H,5,8,10H2,1-4H3. The van der Waals surface area contributed by atoms with Crippen LogP contribution in [0.3, 0.4) is 0 Å². The van der Waals surface area contributed by atoms with Crippen LogP contribution in [-0.2, 0) is 0 Å². The van der Waals surface area contributed by atoms with Crippen LogP contribution in [0, 0.1) is 0 Å². The summed E-state index contributed by atoms with van der Waals surface area (Å²) >= 11 is 3.49. The Labute approximate surface area is 124 Å². The van der Waals surface area contributed by atoms with Crippen LogP contribution in [0.1, 0.15) is 45.7 Å². The molecule has 1 aromatic carbocycles. The zero-order valence-electron chi connectivity index (χ0n) is 12.2. The lowest BCUT2D eigenvalue weighted by molar-refractivity contribution is 0.0280. The van der Waals surface area contributed by atoms with Crippen molar-refractivity contribution in [2.45, 2.75) is 45.8 Å². The van der Waals surface area contributed by atoms with Gasteiger partial charge in [0.15, 0.2) is 0 Å². The Bertz CT molecular complexity index is 402. The molecule has 0 amide bonds. The van der Waals surface area contributed by atoms with Crippen LogP contribution in [0.4, 0.5) is 0 Å². The van der Waals surface area contributed by atoms with Gasteiger partial charge in [0.1, 0.15) is 12.4 Å². The van der Waals surface area contributed by atoms with Gasteiger partial charge in [0.05, 0.1) is 5.60 Å². The third kappa shape index (κ3) is 5.93. The van der Waals surface area contributed by atoms with Crippen molar-refractivity contribution in [3.63, 3.8) is 0 Å². The lowest BCUT2D eigenvalue weighted by Crippen LogP contribution is -2.28. The van der Waals surface area contributed by atoms with Crippen LogP contribution < -0.4 is 10.1 Å². The monoisotopic (exact) mass is 329 g/mol. The van der Waals surface area contributed by atoms with E-state index >= 15 is 0 Å². The lowest BCUT2D eigenvalue weighted by Gasteiger charge is -2.22. The summed E-state index contributed by atoms with van der Waals surface area (Å²) in [7, 11) is 0. The molecule has 3 nitrogen and oxygen atoms in total. The van der Waals surface area contributed by atoms with E-state index in [0.717, 1.165) is 28.8 Å². The second-order valence-electron chi connectivity index (χ2n) is 5.46. The largest absolute Gasteiger partial charge is 0.490 e. The summed E-state index contributed by atoms with van der Waals surface area (Å²) in [5, 5.41) is 13.2. The minimum atomic E-state index is -0.829. The molecule has 0 aromatic heterocycles. The molecule has 0 aliphatic heterocycles. The molecule has 0 spiro atoms. The molecule has 1 atom stereocenters. The van der Waals surface area contributed by atoms with Gasteiger partial charge in [-0.05, 0) is 51.9 Å². The molecular weight excluding hydrogens is 306 g/mol. The smallest absolute Gasteiger partial charge is 0.124 e. The average Bonchev–Trinajstić information content (AvgIpc) is 2.33. The number of halogens is 1. The average molecular weight is 330 g/mol. The maximum Gasteiger partial charge on any atom is 0.124 e. The van der Waals surface area contributed by atoms with Crippen LogP contribution in [-0.4, -0.2) is 23.9 Å². The third-order valence-corrected chi connectivity index (χ3v) is 3.21. The zero-order chi connectivity index (χ0) is 14.5. The summed E-state index contributed by atoms with van der Waals surface area (Å²) in [6.45, 7) is 9.00. The molecule has 0 heterocycles. The summed E-state index contributed by atoms with van der Waals surface area (Å²) in [4.78, 5) is 0. The SMILES string of the molecule is CCCNC(C)c1cc(Br)ccc1OCC(C)(C)O. The highest BCUT2D eigenvalue weighted by molar-refractivity contribution is 9.10. The molecule has 0 radical (unpaired) electrons. The summed E-state index contributed by atoms with van der Waals surface area (Å²) in [6, 6.07) is 6.17. The minimum absolute atomic E-state index is 0.217. The Hall–Kier alpha value is -0.580. The minimum Gasteiger partial charge on any atom is -0.490 e. The molecule has 1 unspecified atom stereocenters. The van der Waals surface area contributed by atoms with Gasteiger partial charge in [-0.1, -0.05) is 22.9 Å². The fraction of sp³-hybridized carbons (Fsp3) is 0.600. The Morgan fingerprint density at radius 1 is 1.42 bits per heavy atom. The molecule has 0 aliphatic carbocycles. The Balaban J connectivity index is 2.85. The van der Waals surface area contributed by atoms with Gasteiger partial charge < -0.3 is 15.2 Å². The van der Waals surface area contributed by atoms with Crippen molar-refractivity contribution >= 4 is 15.9 Å². The fourth-order valence-corrected chi connectivity index (χ4v) is 2.09. The van der Waals surface area contributed by atoms with Crippen molar-refractivity contribution in [2.24, 2.45) is 0 Å². The number of nitrogens with one attached hydrogen (secondary N) is 1.